The van der Waals surface area contributed by atoms with E-state index in [2.05, 4.69) is 15.9 Å². The summed E-state index contributed by atoms with van der Waals surface area (Å²) in [5.74, 6) is 1.23. The molecular weight excluding hydrogens is 358 g/mol. The topological polar surface area (TPSA) is 38.8 Å². The van der Waals surface area contributed by atoms with Gasteiger partial charge in [-0.1, -0.05) is 34.1 Å². The van der Waals surface area contributed by atoms with Crippen LogP contribution in [0.3, 0.4) is 0 Å². The zero-order valence-corrected chi connectivity index (χ0v) is 14.9. The van der Waals surface area contributed by atoms with Gasteiger partial charge in [-0.3, -0.25) is 4.79 Å². The first-order valence-corrected chi connectivity index (χ1v) is 8.13. The molecule has 1 heterocycles. The standard InChI is InChI=1S/C18H18BrNO3/c1-20-15-7-5-4-6-13(15)14(18(20)21)9-11-8-12(19)10-16(22-2)17(11)23-3/h4-8,10,14H,9H2,1-3H3/t14-/m1/s1. The predicted molar refractivity (Wildman–Crippen MR) is 93.5 cm³/mol. The molecule has 0 unspecified atom stereocenters. The van der Waals surface area contributed by atoms with Gasteiger partial charge in [0.15, 0.2) is 11.5 Å². The maximum Gasteiger partial charge on any atom is 0.234 e. The summed E-state index contributed by atoms with van der Waals surface area (Å²) < 4.78 is 11.8. The normalized spacial score (nSPS) is 16.4. The quantitative estimate of drug-likeness (QED) is 0.816. The lowest BCUT2D eigenvalue weighted by Gasteiger charge is -2.16. The highest BCUT2D eigenvalue weighted by atomic mass is 79.9. The van der Waals surface area contributed by atoms with Crippen LogP contribution in [-0.2, 0) is 11.2 Å². The second-order valence-corrected chi connectivity index (χ2v) is 6.43. The number of para-hydroxylation sites is 1. The molecule has 0 aromatic heterocycles. The number of nitrogens with zero attached hydrogens (tertiary/aromatic N) is 1. The van der Waals surface area contributed by atoms with Crippen LogP contribution in [0.1, 0.15) is 17.0 Å². The number of carbonyl (C=O) groups is 1. The zero-order valence-electron chi connectivity index (χ0n) is 13.3. The van der Waals surface area contributed by atoms with Crippen molar-refractivity contribution in [2.24, 2.45) is 0 Å². The number of hydrogen-bond acceptors (Lipinski definition) is 3. The van der Waals surface area contributed by atoms with Gasteiger partial charge in [-0.15, -0.1) is 0 Å². The Morgan fingerprint density at radius 1 is 1.17 bits per heavy atom. The molecule has 2 aromatic rings. The molecule has 1 aliphatic heterocycles. The Hall–Kier alpha value is -2.01. The molecular formula is C18H18BrNO3. The summed E-state index contributed by atoms with van der Waals surface area (Å²) in [6.45, 7) is 0. The number of anilines is 1. The fraction of sp³-hybridized carbons (Fsp3) is 0.278. The SMILES string of the molecule is COc1cc(Br)cc(C[C@H]2C(=O)N(C)c3ccccc32)c1OC. The largest absolute Gasteiger partial charge is 0.493 e. The molecule has 0 radical (unpaired) electrons. The second kappa shape index (κ2) is 6.24. The van der Waals surface area contributed by atoms with Gasteiger partial charge in [0.25, 0.3) is 0 Å². The summed E-state index contributed by atoms with van der Waals surface area (Å²) in [7, 11) is 5.05. The molecule has 0 saturated heterocycles. The van der Waals surface area contributed by atoms with Gasteiger partial charge in [0, 0.05) is 22.8 Å². The lowest BCUT2D eigenvalue weighted by Crippen LogP contribution is -2.25. The van der Waals surface area contributed by atoms with E-state index in [-0.39, 0.29) is 11.8 Å². The molecule has 4 nitrogen and oxygen atoms in total. The number of fused-ring (bicyclic) bond motifs is 1. The van der Waals surface area contributed by atoms with E-state index in [1.165, 1.54) is 0 Å². The van der Waals surface area contributed by atoms with Crippen LogP contribution in [0.5, 0.6) is 11.5 Å². The smallest absolute Gasteiger partial charge is 0.234 e. The van der Waals surface area contributed by atoms with Crippen molar-refractivity contribution in [1.29, 1.82) is 0 Å². The van der Waals surface area contributed by atoms with Gasteiger partial charge in [-0.25, -0.2) is 0 Å². The molecule has 0 aliphatic carbocycles. The van der Waals surface area contributed by atoms with Crippen molar-refractivity contribution in [1.82, 2.24) is 0 Å². The summed E-state index contributed by atoms with van der Waals surface area (Å²) in [5.41, 5.74) is 2.98. The molecule has 1 amide bonds. The summed E-state index contributed by atoms with van der Waals surface area (Å²) in [6.07, 6.45) is 0.569. The summed E-state index contributed by atoms with van der Waals surface area (Å²) in [6, 6.07) is 11.8. The molecule has 1 atom stereocenters. The molecule has 0 N–H and O–H groups in total. The summed E-state index contributed by atoms with van der Waals surface area (Å²) in [4.78, 5) is 14.4. The number of hydrogen-bond donors (Lipinski definition) is 0. The molecule has 0 spiro atoms. The van der Waals surface area contributed by atoms with Crippen molar-refractivity contribution in [3.8, 4) is 11.5 Å². The summed E-state index contributed by atoms with van der Waals surface area (Å²) in [5, 5.41) is 0. The molecule has 3 rings (SSSR count). The molecule has 1 aliphatic rings. The first-order chi connectivity index (χ1) is 11.1. The van der Waals surface area contributed by atoms with E-state index >= 15 is 0 Å². The first-order valence-electron chi connectivity index (χ1n) is 7.33. The Morgan fingerprint density at radius 3 is 2.61 bits per heavy atom. The maximum absolute atomic E-state index is 12.6. The van der Waals surface area contributed by atoms with Crippen molar-refractivity contribution in [2.75, 3.05) is 26.2 Å². The fourth-order valence-corrected chi connectivity index (χ4v) is 3.63. The molecule has 2 aromatic carbocycles. The Kier molecular flexibility index (Phi) is 4.31. The van der Waals surface area contributed by atoms with Gasteiger partial charge < -0.3 is 14.4 Å². The minimum absolute atomic E-state index is 0.104. The van der Waals surface area contributed by atoms with Crippen LogP contribution in [0.2, 0.25) is 0 Å². The molecule has 23 heavy (non-hydrogen) atoms. The molecule has 120 valence electrons. The number of likely N-dealkylation sites (N-methyl/N-ethyl adjacent to an activating group) is 1. The third-order valence-corrected chi connectivity index (χ3v) is 4.70. The van der Waals surface area contributed by atoms with E-state index < -0.39 is 0 Å². The lowest BCUT2D eigenvalue weighted by atomic mass is 9.92. The highest BCUT2D eigenvalue weighted by Crippen LogP contribution is 2.42. The predicted octanol–water partition coefficient (Wildman–Crippen LogP) is 3.77. The van der Waals surface area contributed by atoms with E-state index in [1.807, 2.05) is 43.4 Å². The number of carbonyl (C=O) groups excluding carboxylic acids is 1. The second-order valence-electron chi connectivity index (χ2n) is 5.51. The van der Waals surface area contributed by atoms with E-state index in [0.717, 1.165) is 21.3 Å². The van der Waals surface area contributed by atoms with E-state index in [1.54, 1.807) is 19.1 Å². The molecule has 0 saturated carbocycles. The van der Waals surface area contributed by atoms with Crippen LogP contribution < -0.4 is 14.4 Å². The van der Waals surface area contributed by atoms with Crippen molar-refractivity contribution < 1.29 is 14.3 Å². The number of methoxy groups -OCH3 is 2. The minimum Gasteiger partial charge on any atom is -0.493 e. The van der Waals surface area contributed by atoms with Gasteiger partial charge >= 0.3 is 0 Å². The van der Waals surface area contributed by atoms with Crippen LogP contribution in [-0.4, -0.2) is 27.2 Å². The Balaban J connectivity index is 2.03. The first kappa shape index (κ1) is 15.9. The van der Waals surface area contributed by atoms with Crippen molar-refractivity contribution in [3.63, 3.8) is 0 Å². The monoisotopic (exact) mass is 375 g/mol. The van der Waals surface area contributed by atoms with Gasteiger partial charge in [-0.05, 0) is 30.2 Å². The van der Waals surface area contributed by atoms with Gasteiger partial charge in [-0.2, -0.15) is 0 Å². The minimum atomic E-state index is -0.205. The molecule has 5 heteroatoms. The van der Waals surface area contributed by atoms with Crippen molar-refractivity contribution in [2.45, 2.75) is 12.3 Å². The zero-order chi connectivity index (χ0) is 16.6. The maximum atomic E-state index is 12.6. The number of ether oxygens (including phenoxy) is 2. The van der Waals surface area contributed by atoms with Crippen LogP contribution in [0.4, 0.5) is 5.69 Å². The van der Waals surface area contributed by atoms with E-state index in [0.29, 0.717) is 17.9 Å². The third kappa shape index (κ3) is 2.70. The van der Waals surface area contributed by atoms with Crippen LogP contribution in [0.15, 0.2) is 40.9 Å². The van der Waals surface area contributed by atoms with Crippen LogP contribution in [0, 0.1) is 0 Å². The van der Waals surface area contributed by atoms with Crippen LogP contribution in [0.25, 0.3) is 0 Å². The molecule has 0 fully saturated rings. The van der Waals surface area contributed by atoms with E-state index in [4.69, 9.17) is 9.47 Å². The lowest BCUT2D eigenvalue weighted by molar-refractivity contribution is -0.119. The van der Waals surface area contributed by atoms with Crippen LogP contribution >= 0.6 is 15.9 Å². The highest BCUT2D eigenvalue weighted by molar-refractivity contribution is 9.10. The van der Waals surface area contributed by atoms with Gasteiger partial charge in [0.1, 0.15) is 0 Å². The average Bonchev–Trinajstić information content (AvgIpc) is 2.80. The number of amides is 1. The van der Waals surface area contributed by atoms with Gasteiger partial charge in [0.2, 0.25) is 5.91 Å². The van der Waals surface area contributed by atoms with Gasteiger partial charge in [0.05, 0.1) is 20.1 Å². The number of benzene rings is 2. The third-order valence-electron chi connectivity index (χ3n) is 4.25. The Bertz CT molecular complexity index is 760. The van der Waals surface area contributed by atoms with E-state index in [9.17, 15) is 4.79 Å². The summed E-state index contributed by atoms with van der Waals surface area (Å²) >= 11 is 3.49. The number of rotatable bonds is 4. The Morgan fingerprint density at radius 2 is 1.91 bits per heavy atom. The number of halogens is 1. The highest BCUT2D eigenvalue weighted by Gasteiger charge is 2.35. The average molecular weight is 376 g/mol. The Labute approximate surface area is 144 Å². The molecule has 0 bridgehead atoms. The van der Waals surface area contributed by atoms with Crippen molar-refractivity contribution >= 4 is 27.5 Å². The van der Waals surface area contributed by atoms with Crippen molar-refractivity contribution in [3.05, 3.63) is 52.0 Å². The fourth-order valence-electron chi connectivity index (χ4n) is 3.15.